The van der Waals surface area contributed by atoms with Gasteiger partial charge >= 0.3 is 5.97 Å². The molecule has 0 bridgehead atoms. The number of esters is 1. The third kappa shape index (κ3) is 2.32. The van der Waals surface area contributed by atoms with Crippen LogP contribution in [0.15, 0.2) is 12.7 Å². The Labute approximate surface area is 97.6 Å². The van der Waals surface area contributed by atoms with Crippen molar-refractivity contribution in [3.63, 3.8) is 0 Å². The standard InChI is InChI=1S/C10H13N5O2/c1-6(2)17-7(16)3-15-5-14-8-9(11)12-4-13-10(8)15/h4-6H,3H2,1-2H3,(H2,11,12,13). The third-order valence-corrected chi connectivity index (χ3v) is 2.10. The van der Waals surface area contributed by atoms with Crippen molar-refractivity contribution in [2.45, 2.75) is 26.5 Å². The van der Waals surface area contributed by atoms with Crippen molar-refractivity contribution in [3.8, 4) is 0 Å². The summed E-state index contributed by atoms with van der Waals surface area (Å²) in [6, 6.07) is 0. The van der Waals surface area contributed by atoms with Crippen LogP contribution < -0.4 is 5.73 Å². The zero-order chi connectivity index (χ0) is 12.4. The summed E-state index contributed by atoms with van der Waals surface area (Å²) in [4.78, 5) is 23.4. The minimum absolute atomic E-state index is 0.0606. The minimum atomic E-state index is -0.337. The fourth-order valence-electron chi connectivity index (χ4n) is 1.45. The number of ether oxygens (including phenoxy) is 1. The number of hydrogen-bond acceptors (Lipinski definition) is 6. The van der Waals surface area contributed by atoms with Crippen molar-refractivity contribution in [1.29, 1.82) is 0 Å². The van der Waals surface area contributed by atoms with Gasteiger partial charge in [0.25, 0.3) is 0 Å². The van der Waals surface area contributed by atoms with Gasteiger partial charge in [0.1, 0.15) is 18.4 Å². The lowest BCUT2D eigenvalue weighted by Crippen LogP contribution is -2.17. The molecular formula is C10H13N5O2. The average molecular weight is 235 g/mol. The number of aromatic nitrogens is 4. The SMILES string of the molecule is CC(C)OC(=O)Cn1cnc2c(N)ncnc21. The molecule has 2 aromatic heterocycles. The summed E-state index contributed by atoms with van der Waals surface area (Å²) in [7, 11) is 0. The Hall–Kier alpha value is -2.18. The average Bonchev–Trinajstić information content (AvgIpc) is 2.62. The van der Waals surface area contributed by atoms with Crippen LogP contribution in [0.25, 0.3) is 11.2 Å². The van der Waals surface area contributed by atoms with Crippen LogP contribution in [0.3, 0.4) is 0 Å². The molecule has 17 heavy (non-hydrogen) atoms. The van der Waals surface area contributed by atoms with E-state index >= 15 is 0 Å². The first kappa shape index (κ1) is 11.3. The van der Waals surface area contributed by atoms with Crippen LogP contribution in [0.1, 0.15) is 13.8 Å². The molecule has 0 saturated carbocycles. The zero-order valence-corrected chi connectivity index (χ0v) is 9.62. The normalized spacial score (nSPS) is 11.0. The van der Waals surface area contributed by atoms with Crippen molar-refractivity contribution in [1.82, 2.24) is 19.5 Å². The lowest BCUT2D eigenvalue weighted by molar-refractivity contribution is -0.148. The van der Waals surface area contributed by atoms with E-state index in [1.165, 1.54) is 12.7 Å². The Morgan fingerprint density at radius 1 is 1.47 bits per heavy atom. The number of hydrogen-bond donors (Lipinski definition) is 1. The molecule has 0 fully saturated rings. The number of carbonyl (C=O) groups is 1. The topological polar surface area (TPSA) is 95.9 Å². The van der Waals surface area contributed by atoms with Gasteiger partial charge in [0.05, 0.1) is 12.4 Å². The second-order valence-electron chi connectivity index (χ2n) is 3.84. The maximum Gasteiger partial charge on any atom is 0.326 e. The van der Waals surface area contributed by atoms with Gasteiger partial charge in [-0.1, -0.05) is 0 Å². The summed E-state index contributed by atoms with van der Waals surface area (Å²) >= 11 is 0. The van der Waals surface area contributed by atoms with Gasteiger partial charge in [-0.05, 0) is 13.8 Å². The van der Waals surface area contributed by atoms with Crippen molar-refractivity contribution >= 4 is 23.0 Å². The molecule has 7 heteroatoms. The summed E-state index contributed by atoms with van der Waals surface area (Å²) in [5.74, 6) is -0.0394. The van der Waals surface area contributed by atoms with Gasteiger partial charge in [-0.3, -0.25) is 4.79 Å². The highest BCUT2D eigenvalue weighted by Gasteiger charge is 2.12. The van der Waals surface area contributed by atoms with Crippen molar-refractivity contribution < 1.29 is 9.53 Å². The molecular weight excluding hydrogens is 222 g/mol. The molecule has 2 heterocycles. The van der Waals surface area contributed by atoms with Gasteiger partial charge in [-0.15, -0.1) is 0 Å². The summed E-state index contributed by atoms with van der Waals surface area (Å²) in [6.07, 6.45) is 2.69. The third-order valence-electron chi connectivity index (χ3n) is 2.10. The van der Waals surface area contributed by atoms with E-state index in [4.69, 9.17) is 10.5 Å². The van der Waals surface area contributed by atoms with Crippen LogP contribution in [-0.4, -0.2) is 31.6 Å². The number of anilines is 1. The van der Waals surface area contributed by atoms with Gasteiger partial charge in [0.2, 0.25) is 0 Å². The van der Waals surface area contributed by atoms with E-state index in [0.29, 0.717) is 17.0 Å². The fourth-order valence-corrected chi connectivity index (χ4v) is 1.45. The predicted molar refractivity (Wildman–Crippen MR) is 61.0 cm³/mol. The van der Waals surface area contributed by atoms with Gasteiger partial charge in [-0.25, -0.2) is 15.0 Å². The molecule has 0 aliphatic carbocycles. The number of carbonyl (C=O) groups excluding carboxylic acids is 1. The molecule has 0 amide bonds. The second-order valence-corrected chi connectivity index (χ2v) is 3.84. The van der Waals surface area contributed by atoms with E-state index in [9.17, 15) is 4.79 Å². The van der Waals surface area contributed by atoms with E-state index in [1.54, 1.807) is 18.4 Å². The zero-order valence-electron chi connectivity index (χ0n) is 9.62. The first-order valence-electron chi connectivity index (χ1n) is 5.18. The highest BCUT2D eigenvalue weighted by atomic mass is 16.5. The van der Waals surface area contributed by atoms with Crippen LogP contribution in [0.2, 0.25) is 0 Å². The second kappa shape index (κ2) is 4.36. The molecule has 0 aliphatic heterocycles. The number of imidazole rings is 1. The van der Waals surface area contributed by atoms with Crippen LogP contribution in [0, 0.1) is 0 Å². The number of rotatable bonds is 3. The van der Waals surface area contributed by atoms with E-state index in [2.05, 4.69) is 15.0 Å². The monoisotopic (exact) mass is 235 g/mol. The molecule has 2 rings (SSSR count). The Kier molecular flexibility index (Phi) is 2.90. The highest BCUT2D eigenvalue weighted by Crippen LogP contribution is 2.13. The molecule has 90 valence electrons. The Balaban J connectivity index is 2.25. The summed E-state index contributed by atoms with van der Waals surface area (Å²) in [6.45, 7) is 3.65. The number of nitrogens with two attached hydrogens (primary N) is 1. The number of nitrogens with zero attached hydrogens (tertiary/aromatic N) is 4. The molecule has 0 radical (unpaired) electrons. The first-order valence-corrected chi connectivity index (χ1v) is 5.18. The first-order chi connectivity index (χ1) is 8.08. The van der Waals surface area contributed by atoms with Crippen LogP contribution in [0.5, 0.6) is 0 Å². The Morgan fingerprint density at radius 2 is 2.24 bits per heavy atom. The molecule has 0 saturated heterocycles. The van der Waals surface area contributed by atoms with Crippen molar-refractivity contribution in [2.24, 2.45) is 0 Å². The van der Waals surface area contributed by atoms with Crippen molar-refractivity contribution in [2.75, 3.05) is 5.73 Å². The van der Waals surface area contributed by atoms with Gasteiger partial charge in [0, 0.05) is 0 Å². The molecule has 0 aromatic carbocycles. The lowest BCUT2D eigenvalue weighted by atomic mass is 10.4. The Bertz CT molecular complexity index is 549. The summed E-state index contributed by atoms with van der Waals surface area (Å²) in [5, 5.41) is 0. The quantitative estimate of drug-likeness (QED) is 0.771. The number of fused-ring (bicyclic) bond motifs is 1. The predicted octanol–water partition coefficient (Wildman–Crippen LogP) is 0.360. The van der Waals surface area contributed by atoms with Crippen LogP contribution in [-0.2, 0) is 16.1 Å². The summed E-state index contributed by atoms with van der Waals surface area (Å²) < 4.78 is 6.62. The largest absolute Gasteiger partial charge is 0.462 e. The smallest absolute Gasteiger partial charge is 0.326 e. The minimum Gasteiger partial charge on any atom is -0.462 e. The van der Waals surface area contributed by atoms with Gasteiger partial charge < -0.3 is 15.0 Å². The maximum absolute atomic E-state index is 11.5. The summed E-state index contributed by atoms with van der Waals surface area (Å²) in [5.41, 5.74) is 6.65. The maximum atomic E-state index is 11.5. The van der Waals surface area contributed by atoms with E-state index in [1.807, 2.05) is 0 Å². The van der Waals surface area contributed by atoms with Gasteiger partial charge in [-0.2, -0.15) is 0 Å². The van der Waals surface area contributed by atoms with Crippen LogP contribution >= 0.6 is 0 Å². The molecule has 2 N–H and O–H groups in total. The molecule has 7 nitrogen and oxygen atoms in total. The van der Waals surface area contributed by atoms with E-state index in [-0.39, 0.29) is 18.6 Å². The lowest BCUT2D eigenvalue weighted by Gasteiger charge is -2.08. The van der Waals surface area contributed by atoms with E-state index < -0.39 is 0 Å². The van der Waals surface area contributed by atoms with Crippen molar-refractivity contribution in [3.05, 3.63) is 12.7 Å². The molecule has 0 atom stereocenters. The van der Waals surface area contributed by atoms with E-state index in [0.717, 1.165) is 0 Å². The molecule has 2 aromatic rings. The fraction of sp³-hybridized carbons (Fsp3) is 0.400. The molecule has 0 unspecified atom stereocenters. The number of nitrogen functional groups attached to an aromatic ring is 1. The highest BCUT2D eigenvalue weighted by molar-refractivity contribution is 5.82. The van der Waals surface area contributed by atoms with Gasteiger partial charge in [0.15, 0.2) is 11.5 Å². The van der Waals surface area contributed by atoms with Crippen LogP contribution in [0.4, 0.5) is 5.82 Å². The molecule has 0 spiro atoms. The molecule has 0 aliphatic rings. The Morgan fingerprint density at radius 3 is 2.94 bits per heavy atom.